The predicted molar refractivity (Wildman–Crippen MR) is 61.8 cm³/mol. The van der Waals surface area contributed by atoms with Crippen LogP contribution < -0.4 is 10.6 Å². The molecule has 1 aromatic rings. The fraction of sp³-hybridized carbons (Fsp3) is 0.273. The lowest BCUT2D eigenvalue weighted by atomic mass is 10.1. The SMILES string of the molecule is COc1ccc(Cl)cc1C(C)=CCON. The summed E-state index contributed by atoms with van der Waals surface area (Å²) in [4.78, 5) is 4.49. The molecule has 15 heavy (non-hydrogen) atoms. The van der Waals surface area contributed by atoms with Crippen molar-refractivity contribution in [3.8, 4) is 5.75 Å². The molecule has 0 aliphatic heterocycles. The molecule has 0 saturated heterocycles. The average Bonchev–Trinajstić information content (AvgIpc) is 2.25. The van der Waals surface area contributed by atoms with E-state index in [1.807, 2.05) is 25.1 Å². The summed E-state index contributed by atoms with van der Waals surface area (Å²) < 4.78 is 5.23. The van der Waals surface area contributed by atoms with Crippen molar-refractivity contribution in [1.82, 2.24) is 0 Å². The molecule has 0 aliphatic rings. The second kappa shape index (κ2) is 5.75. The van der Waals surface area contributed by atoms with Gasteiger partial charge in [0.15, 0.2) is 0 Å². The van der Waals surface area contributed by atoms with Crippen molar-refractivity contribution in [2.45, 2.75) is 6.92 Å². The maximum absolute atomic E-state index is 5.91. The van der Waals surface area contributed by atoms with Gasteiger partial charge in [-0.2, -0.15) is 0 Å². The molecule has 0 spiro atoms. The zero-order chi connectivity index (χ0) is 11.3. The summed E-state index contributed by atoms with van der Waals surface area (Å²) in [6.45, 7) is 2.31. The van der Waals surface area contributed by atoms with Crippen molar-refractivity contribution in [3.05, 3.63) is 34.9 Å². The van der Waals surface area contributed by atoms with Crippen LogP contribution in [-0.2, 0) is 4.84 Å². The molecule has 0 aromatic heterocycles. The highest BCUT2D eigenvalue weighted by atomic mass is 35.5. The molecule has 1 aromatic carbocycles. The fourth-order valence-corrected chi connectivity index (χ4v) is 1.44. The number of benzene rings is 1. The van der Waals surface area contributed by atoms with Crippen LogP contribution in [0.25, 0.3) is 5.57 Å². The molecule has 0 heterocycles. The lowest BCUT2D eigenvalue weighted by Crippen LogP contribution is -1.98. The molecule has 0 atom stereocenters. The van der Waals surface area contributed by atoms with Crippen molar-refractivity contribution in [3.63, 3.8) is 0 Å². The molecular weight excluding hydrogens is 214 g/mol. The van der Waals surface area contributed by atoms with E-state index in [9.17, 15) is 0 Å². The van der Waals surface area contributed by atoms with E-state index >= 15 is 0 Å². The first-order valence-electron chi connectivity index (χ1n) is 4.51. The van der Waals surface area contributed by atoms with Crippen LogP contribution in [0.4, 0.5) is 0 Å². The van der Waals surface area contributed by atoms with Crippen molar-refractivity contribution in [1.29, 1.82) is 0 Å². The number of hydrogen-bond acceptors (Lipinski definition) is 3. The van der Waals surface area contributed by atoms with Gasteiger partial charge in [0, 0.05) is 10.6 Å². The Bertz CT molecular complexity index is 364. The minimum Gasteiger partial charge on any atom is -0.496 e. The van der Waals surface area contributed by atoms with E-state index in [0.29, 0.717) is 11.6 Å². The van der Waals surface area contributed by atoms with Gasteiger partial charge in [0.25, 0.3) is 0 Å². The first-order valence-corrected chi connectivity index (χ1v) is 4.89. The Morgan fingerprint density at radius 3 is 2.87 bits per heavy atom. The standard InChI is InChI=1S/C11H14ClNO2/c1-8(5-6-15-13)10-7-9(12)3-4-11(10)14-2/h3-5,7H,6,13H2,1-2H3. The maximum atomic E-state index is 5.91. The van der Waals surface area contributed by atoms with E-state index < -0.39 is 0 Å². The Morgan fingerprint density at radius 1 is 1.53 bits per heavy atom. The van der Waals surface area contributed by atoms with Gasteiger partial charge in [0.05, 0.1) is 13.7 Å². The van der Waals surface area contributed by atoms with Crippen molar-refractivity contribution < 1.29 is 9.57 Å². The van der Waals surface area contributed by atoms with Crippen LogP contribution in [0.5, 0.6) is 5.75 Å². The number of rotatable bonds is 4. The molecule has 82 valence electrons. The Hall–Kier alpha value is -1.03. The second-order valence-electron chi connectivity index (χ2n) is 3.07. The molecule has 0 saturated carbocycles. The molecule has 2 N–H and O–H groups in total. The van der Waals surface area contributed by atoms with E-state index in [2.05, 4.69) is 4.84 Å². The molecular formula is C11H14ClNO2. The van der Waals surface area contributed by atoms with Crippen molar-refractivity contribution in [2.24, 2.45) is 5.90 Å². The lowest BCUT2D eigenvalue weighted by molar-refractivity contribution is 0.168. The van der Waals surface area contributed by atoms with Crippen LogP contribution >= 0.6 is 11.6 Å². The number of hydrogen-bond donors (Lipinski definition) is 1. The van der Waals surface area contributed by atoms with Gasteiger partial charge in [0.1, 0.15) is 5.75 Å². The van der Waals surface area contributed by atoms with Crippen LogP contribution in [0, 0.1) is 0 Å². The number of methoxy groups -OCH3 is 1. The highest BCUT2D eigenvalue weighted by Gasteiger charge is 2.05. The molecule has 1 rings (SSSR count). The van der Waals surface area contributed by atoms with Gasteiger partial charge in [0.2, 0.25) is 0 Å². The molecule has 0 fully saturated rings. The first-order chi connectivity index (χ1) is 7.19. The van der Waals surface area contributed by atoms with Gasteiger partial charge in [-0.25, -0.2) is 5.90 Å². The fourth-order valence-electron chi connectivity index (χ4n) is 1.27. The van der Waals surface area contributed by atoms with Gasteiger partial charge in [-0.3, -0.25) is 0 Å². The van der Waals surface area contributed by atoms with Crippen LogP contribution in [0.15, 0.2) is 24.3 Å². The summed E-state index contributed by atoms with van der Waals surface area (Å²) in [6, 6.07) is 5.47. The molecule has 4 heteroatoms. The number of ether oxygens (including phenoxy) is 1. The minimum absolute atomic E-state index is 0.363. The van der Waals surface area contributed by atoms with Gasteiger partial charge in [-0.15, -0.1) is 0 Å². The molecule has 0 amide bonds. The average molecular weight is 228 g/mol. The molecule has 0 radical (unpaired) electrons. The van der Waals surface area contributed by atoms with Gasteiger partial charge in [-0.05, 0) is 30.7 Å². The van der Waals surface area contributed by atoms with Crippen LogP contribution in [0.1, 0.15) is 12.5 Å². The zero-order valence-corrected chi connectivity index (χ0v) is 9.54. The topological polar surface area (TPSA) is 44.5 Å². The maximum Gasteiger partial charge on any atom is 0.126 e. The summed E-state index contributed by atoms with van der Waals surface area (Å²) in [6.07, 6.45) is 1.87. The highest BCUT2D eigenvalue weighted by Crippen LogP contribution is 2.28. The van der Waals surface area contributed by atoms with Gasteiger partial charge < -0.3 is 9.57 Å². The normalized spacial score (nSPS) is 11.6. The van der Waals surface area contributed by atoms with Gasteiger partial charge in [-0.1, -0.05) is 17.7 Å². The third-order valence-electron chi connectivity index (χ3n) is 2.07. The number of allylic oxidation sites excluding steroid dienone is 1. The van der Waals surface area contributed by atoms with E-state index in [-0.39, 0.29) is 0 Å². The third-order valence-corrected chi connectivity index (χ3v) is 2.31. The summed E-state index contributed by atoms with van der Waals surface area (Å²) in [7, 11) is 1.62. The monoisotopic (exact) mass is 227 g/mol. The minimum atomic E-state index is 0.363. The van der Waals surface area contributed by atoms with E-state index in [1.54, 1.807) is 13.2 Å². The summed E-state index contributed by atoms with van der Waals surface area (Å²) >= 11 is 5.91. The van der Waals surface area contributed by atoms with E-state index in [4.69, 9.17) is 22.2 Å². The molecule has 0 bridgehead atoms. The lowest BCUT2D eigenvalue weighted by Gasteiger charge is -2.09. The van der Waals surface area contributed by atoms with Gasteiger partial charge >= 0.3 is 0 Å². The molecule has 0 aliphatic carbocycles. The third kappa shape index (κ3) is 3.23. The zero-order valence-electron chi connectivity index (χ0n) is 8.79. The first kappa shape index (κ1) is 12.0. The van der Waals surface area contributed by atoms with Crippen LogP contribution in [0.3, 0.4) is 0 Å². The molecule has 3 nitrogen and oxygen atoms in total. The van der Waals surface area contributed by atoms with E-state index in [0.717, 1.165) is 16.9 Å². The Morgan fingerprint density at radius 2 is 2.27 bits per heavy atom. The second-order valence-corrected chi connectivity index (χ2v) is 3.50. The Labute approximate surface area is 94.4 Å². The van der Waals surface area contributed by atoms with Crippen LogP contribution in [-0.4, -0.2) is 13.7 Å². The largest absolute Gasteiger partial charge is 0.496 e. The van der Waals surface area contributed by atoms with E-state index in [1.165, 1.54) is 0 Å². The quantitative estimate of drug-likeness (QED) is 0.805. The smallest absolute Gasteiger partial charge is 0.126 e. The Balaban J connectivity index is 3.05. The predicted octanol–water partition coefficient (Wildman–Crippen LogP) is 2.64. The summed E-state index contributed by atoms with van der Waals surface area (Å²) in [5, 5.41) is 0.673. The number of halogens is 1. The van der Waals surface area contributed by atoms with Crippen molar-refractivity contribution in [2.75, 3.05) is 13.7 Å². The number of nitrogens with two attached hydrogens (primary N) is 1. The molecule has 0 unspecified atom stereocenters. The summed E-state index contributed by atoms with van der Waals surface area (Å²) in [5.41, 5.74) is 1.96. The summed E-state index contributed by atoms with van der Waals surface area (Å²) in [5.74, 6) is 5.74. The Kier molecular flexibility index (Phi) is 4.62. The highest BCUT2D eigenvalue weighted by molar-refractivity contribution is 6.30. The van der Waals surface area contributed by atoms with Crippen molar-refractivity contribution >= 4 is 17.2 Å². The van der Waals surface area contributed by atoms with Crippen LogP contribution in [0.2, 0.25) is 5.02 Å².